The Balaban J connectivity index is 1.53. The van der Waals surface area contributed by atoms with Crippen LogP contribution in [0, 0.1) is 11.3 Å². The molecule has 0 saturated heterocycles. The van der Waals surface area contributed by atoms with Crippen LogP contribution in [0.15, 0.2) is 84.0 Å². The van der Waals surface area contributed by atoms with E-state index in [-0.39, 0.29) is 11.1 Å². The second kappa shape index (κ2) is 8.71. The lowest BCUT2D eigenvalue weighted by atomic mass is 9.56. The van der Waals surface area contributed by atoms with Crippen LogP contribution in [-0.2, 0) is 4.43 Å². The zero-order chi connectivity index (χ0) is 23.1. The lowest BCUT2D eigenvalue weighted by molar-refractivity contribution is 0.0922. The Labute approximate surface area is 202 Å². The van der Waals surface area contributed by atoms with E-state index < -0.39 is 8.32 Å². The van der Waals surface area contributed by atoms with Gasteiger partial charge in [-0.3, -0.25) is 0 Å². The summed E-state index contributed by atoms with van der Waals surface area (Å²) in [5.41, 5.74) is 3.71. The van der Waals surface area contributed by atoms with Gasteiger partial charge in [0.1, 0.15) is 0 Å². The molecule has 0 unspecified atom stereocenters. The average molecular weight is 457 g/mol. The molecule has 33 heavy (non-hydrogen) atoms. The zero-order valence-electron chi connectivity index (χ0n) is 20.9. The Kier molecular flexibility index (Phi) is 6.03. The number of hydrogen-bond acceptors (Lipinski definition) is 1. The maximum atomic E-state index is 7.52. The van der Waals surface area contributed by atoms with Gasteiger partial charge in [0.2, 0.25) is 0 Å². The first-order valence-corrected chi connectivity index (χ1v) is 14.9. The van der Waals surface area contributed by atoms with E-state index in [1.807, 2.05) is 0 Å². The van der Waals surface area contributed by atoms with E-state index in [4.69, 9.17) is 4.43 Å². The van der Waals surface area contributed by atoms with Crippen molar-refractivity contribution in [2.75, 3.05) is 0 Å². The highest BCUT2D eigenvalue weighted by Crippen LogP contribution is 2.55. The maximum absolute atomic E-state index is 7.52. The predicted molar refractivity (Wildman–Crippen MR) is 143 cm³/mol. The first kappa shape index (κ1) is 22.9. The molecule has 0 N–H and O–H groups in total. The van der Waals surface area contributed by atoms with Crippen LogP contribution in [-0.4, -0.2) is 14.4 Å². The summed E-state index contributed by atoms with van der Waals surface area (Å²) < 4.78 is 7.52. The maximum Gasteiger partial charge on any atom is 0.261 e. The van der Waals surface area contributed by atoms with Gasteiger partial charge in [-0.1, -0.05) is 118 Å². The van der Waals surface area contributed by atoms with E-state index >= 15 is 0 Å². The third-order valence-corrected chi connectivity index (χ3v) is 13.9. The van der Waals surface area contributed by atoms with Crippen molar-refractivity contribution in [3.05, 3.63) is 84.0 Å². The fourth-order valence-corrected chi connectivity index (χ4v) is 11.8. The van der Waals surface area contributed by atoms with E-state index in [9.17, 15) is 0 Å². The van der Waals surface area contributed by atoms with Crippen LogP contribution in [0.5, 0.6) is 0 Å². The molecule has 0 amide bonds. The molecule has 2 heteroatoms. The summed E-state index contributed by atoms with van der Waals surface area (Å²) in [6, 6.07) is 22.3. The number of hydrogen-bond donors (Lipinski definition) is 0. The Morgan fingerprint density at radius 2 is 1.48 bits per heavy atom. The zero-order valence-corrected chi connectivity index (χ0v) is 21.9. The van der Waals surface area contributed by atoms with Crippen molar-refractivity contribution >= 4 is 18.7 Å². The van der Waals surface area contributed by atoms with Gasteiger partial charge in [-0.25, -0.2) is 0 Å². The van der Waals surface area contributed by atoms with Crippen LogP contribution in [0.4, 0.5) is 0 Å². The van der Waals surface area contributed by atoms with Crippen molar-refractivity contribution in [2.24, 2.45) is 11.3 Å². The smallest absolute Gasteiger partial charge is 0.261 e. The molecule has 2 aromatic carbocycles. The van der Waals surface area contributed by atoms with Gasteiger partial charge in [0.25, 0.3) is 8.32 Å². The van der Waals surface area contributed by atoms with Crippen LogP contribution < -0.4 is 10.4 Å². The largest absolute Gasteiger partial charge is 0.404 e. The van der Waals surface area contributed by atoms with E-state index in [2.05, 4.69) is 101 Å². The van der Waals surface area contributed by atoms with Crippen molar-refractivity contribution in [3.8, 4) is 0 Å². The molecule has 5 rings (SSSR count). The van der Waals surface area contributed by atoms with Gasteiger partial charge in [-0.2, -0.15) is 0 Å². The molecule has 1 nitrogen and oxygen atoms in total. The molecule has 2 fully saturated rings. The molecule has 0 bridgehead atoms. The first-order chi connectivity index (χ1) is 15.8. The molecule has 0 aromatic heterocycles. The minimum absolute atomic E-state index is 0.0356. The Morgan fingerprint density at radius 3 is 2.09 bits per heavy atom. The molecule has 0 spiro atoms. The van der Waals surface area contributed by atoms with E-state index in [1.54, 1.807) is 11.1 Å². The monoisotopic (exact) mass is 456 g/mol. The molecular formula is C31H40OSi. The second-order valence-electron chi connectivity index (χ2n) is 11.8. The molecule has 3 aliphatic rings. The van der Waals surface area contributed by atoms with Gasteiger partial charge in [0.05, 0.1) is 0 Å². The Bertz CT molecular complexity index is 990. The molecule has 2 aromatic rings. The highest BCUT2D eigenvalue weighted by Gasteiger charge is 2.53. The van der Waals surface area contributed by atoms with E-state index in [1.165, 1.54) is 48.9 Å². The second-order valence-corrected chi connectivity index (χ2v) is 16.0. The minimum Gasteiger partial charge on any atom is -0.404 e. The number of fused-ring (bicyclic) bond motifs is 3. The molecular weight excluding hydrogens is 416 g/mol. The van der Waals surface area contributed by atoms with Crippen molar-refractivity contribution in [1.82, 2.24) is 0 Å². The number of allylic oxidation sites excluding steroid dienone is 3. The van der Waals surface area contributed by atoms with Gasteiger partial charge in [0.15, 0.2) is 0 Å². The Hall–Kier alpha value is -1.90. The molecule has 0 heterocycles. The minimum atomic E-state index is -2.49. The van der Waals surface area contributed by atoms with Crippen LogP contribution in [0.1, 0.15) is 72.6 Å². The number of rotatable bonds is 4. The average Bonchev–Trinajstić information content (AvgIpc) is 2.83. The van der Waals surface area contributed by atoms with Gasteiger partial charge in [-0.05, 0) is 65.3 Å². The fraction of sp³-hybridized carbons (Fsp3) is 0.484. The SMILES string of the molecule is CC(C)(C)[Si](O[C@@H]1CC[C@@]2(C)C(=CC=C3CCCC[C@@H]32)C1)(c1ccccc1)c1ccccc1. The topological polar surface area (TPSA) is 9.23 Å². The van der Waals surface area contributed by atoms with Crippen molar-refractivity contribution in [2.45, 2.75) is 83.8 Å². The van der Waals surface area contributed by atoms with Crippen molar-refractivity contribution in [3.63, 3.8) is 0 Å². The standard InChI is InChI=1S/C31H40OSi/c1-30(2,3)33(27-14-7-5-8-15-27,28-16-9-6-10-17-28)32-26-21-22-31(4)25(23-26)20-19-24-13-11-12-18-29(24)31/h5-10,14-17,19-20,26,29H,11-13,18,21-23H2,1-4H3/t26-,29+,31+/m1/s1. The number of benzene rings is 2. The Morgan fingerprint density at radius 1 is 0.848 bits per heavy atom. The summed E-state index contributed by atoms with van der Waals surface area (Å²) in [6.07, 6.45) is 14.2. The summed E-state index contributed by atoms with van der Waals surface area (Å²) in [7, 11) is -2.49. The summed E-state index contributed by atoms with van der Waals surface area (Å²) in [5, 5.41) is 2.82. The van der Waals surface area contributed by atoms with Crippen molar-refractivity contribution < 1.29 is 4.43 Å². The third kappa shape index (κ3) is 3.90. The summed E-state index contributed by atoms with van der Waals surface area (Å²) in [5.74, 6) is 0.764. The summed E-state index contributed by atoms with van der Waals surface area (Å²) in [6.45, 7) is 9.73. The van der Waals surface area contributed by atoms with Crippen LogP contribution in [0.25, 0.3) is 0 Å². The lowest BCUT2D eigenvalue weighted by Gasteiger charge is -2.52. The van der Waals surface area contributed by atoms with Crippen LogP contribution in [0.2, 0.25) is 5.04 Å². The molecule has 2 saturated carbocycles. The summed E-state index contributed by atoms with van der Waals surface area (Å²) in [4.78, 5) is 0. The molecule has 0 radical (unpaired) electrons. The van der Waals surface area contributed by atoms with Crippen LogP contribution >= 0.6 is 0 Å². The quantitative estimate of drug-likeness (QED) is 0.443. The predicted octanol–water partition coefficient (Wildman–Crippen LogP) is 7.18. The van der Waals surface area contributed by atoms with Gasteiger partial charge in [0, 0.05) is 6.10 Å². The van der Waals surface area contributed by atoms with E-state index in [0.29, 0.717) is 5.41 Å². The molecule has 3 atom stereocenters. The van der Waals surface area contributed by atoms with E-state index in [0.717, 1.165) is 12.3 Å². The lowest BCUT2D eigenvalue weighted by Crippen LogP contribution is -2.68. The fourth-order valence-electron chi connectivity index (χ4n) is 7.07. The molecule has 3 aliphatic carbocycles. The highest BCUT2D eigenvalue weighted by molar-refractivity contribution is 6.99. The third-order valence-electron chi connectivity index (χ3n) is 8.85. The summed E-state index contributed by atoms with van der Waals surface area (Å²) >= 11 is 0. The van der Waals surface area contributed by atoms with Gasteiger partial charge in [-0.15, -0.1) is 0 Å². The molecule has 0 aliphatic heterocycles. The van der Waals surface area contributed by atoms with Crippen LogP contribution in [0.3, 0.4) is 0 Å². The molecule has 174 valence electrons. The van der Waals surface area contributed by atoms with Crippen molar-refractivity contribution in [1.29, 1.82) is 0 Å². The highest BCUT2D eigenvalue weighted by atomic mass is 28.4. The van der Waals surface area contributed by atoms with Gasteiger partial charge < -0.3 is 4.43 Å². The first-order valence-electron chi connectivity index (χ1n) is 13.0. The van der Waals surface area contributed by atoms with Gasteiger partial charge >= 0.3 is 0 Å². The normalized spacial score (nSPS) is 27.8.